The molecule has 0 aromatic heterocycles. The lowest BCUT2D eigenvalue weighted by Gasteiger charge is -2.49. The maximum Gasteiger partial charge on any atom is 0.180 e. The molecule has 9 heteroatoms. The molecule has 3 aromatic rings. The van der Waals surface area contributed by atoms with E-state index in [0.717, 1.165) is 79.2 Å². The highest BCUT2D eigenvalue weighted by molar-refractivity contribution is 7.91. The smallest absolute Gasteiger partial charge is 0.180 e. The lowest BCUT2D eigenvalue weighted by molar-refractivity contribution is -0.955. The summed E-state index contributed by atoms with van der Waals surface area (Å²) in [5, 5.41) is 11.3. The second-order valence-corrected chi connectivity index (χ2v) is 17.6. The lowest BCUT2D eigenvalue weighted by atomic mass is 9.85. The van der Waals surface area contributed by atoms with Crippen molar-refractivity contribution >= 4 is 44.2 Å². The Morgan fingerprint density at radius 2 is 1.55 bits per heavy atom. The van der Waals surface area contributed by atoms with Gasteiger partial charge in [0.2, 0.25) is 0 Å². The Balaban J connectivity index is 1.22. The molecule has 1 atom stereocenters. The van der Waals surface area contributed by atoms with Crippen molar-refractivity contribution < 1.29 is 12.9 Å². The number of hydrogen-bond acceptors (Lipinski definition) is 5. The van der Waals surface area contributed by atoms with E-state index in [1.54, 1.807) is 0 Å². The van der Waals surface area contributed by atoms with Crippen LogP contribution in [0.1, 0.15) is 94.4 Å². The third kappa shape index (κ3) is 8.33. The van der Waals surface area contributed by atoms with Gasteiger partial charge < -0.3 is 20.0 Å². The standard InChI is InChI=1S/C40H55N5O2S2/c1-5-7-21-40(22-8-6-2)29-49(46,47)37-17-16-35(44(3)4)27-36(37)38(43-40)32-12-14-33(15-13-32)41-39(48)42-34-11-9-10-31(26-34)28-45-23-18-30(19-24-45)20-25-45/h9-17,26-27,30,38,43H,5-8,18-25,28-29H2,1-4H3,(H-,41,42,48)/p+1. The molecule has 3 saturated heterocycles. The largest absolute Gasteiger partial charge is 0.378 e. The van der Waals surface area contributed by atoms with E-state index in [9.17, 15) is 8.42 Å². The molecule has 3 fully saturated rings. The molecule has 3 N–H and O–H groups in total. The molecule has 264 valence electrons. The average Bonchev–Trinajstić information content (AvgIpc) is 3.19. The van der Waals surface area contributed by atoms with E-state index in [-0.39, 0.29) is 11.8 Å². The minimum atomic E-state index is -3.52. The summed E-state index contributed by atoms with van der Waals surface area (Å²) in [6, 6.07) is 22.5. The highest BCUT2D eigenvalue weighted by Gasteiger charge is 2.43. The zero-order valence-electron chi connectivity index (χ0n) is 29.9. The van der Waals surface area contributed by atoms with Crippen LogP contribution >= 0.6 is 12.2 Å². The highest BCUT2D eigenvalue weighted by atomic mass is 32.2. The Morgan fingerprint density at radius 3 is 2.18 bits per heavy atom. The van der Waals surface area contributed by atoms with E-state index < -0.39 is 15.4 Å². The second-order valence-electron chi connectivity index (χ2n) is 15.2. The Morgan fingerprint density at radius 1 is 0.898 bits per heavy atom. The van der Waals surface area contributed by atoms with Crippen molar-refractivity contribution in [2.45, 2.75) is 94.7 Å². The minimum Gasteiger partial charge on any atom is -0.378 e. The fourth-order valence-electron chi connectivity index (χ4n) is 8.46. The van der Waals surface area contributed by atoms with E-state index in [4.69, 9.17) is 12.2 Å². The number of rotatable bonds is 12. The first-order valence-electron chi connectivity index (χ1n) is 18.5. The summed E-state index contributed by atoms with van der Waals surface area (Å²) in [7, 11) is 0.472. The summed E-state index contributed by atoms with van der Waals surface area (Å²) in [6.45, 7) is 9.38. The maximum atomic E-state index is 14.1. The van der Waals surface area contributed by atoms with Crippen LogP contribution in [0.3, 0.4) is 0 Å². The lowest BCUT2D eigenvalue weighted by Crippen LogP contribution is -2.57. The Bertz CT molecular complexity index is 1690. The first kappa shape index (κ1) is 35.8. The molecule has 2 bridgehead atoms. The predicted molar refractivity (Wildman–Crippen MR) is 208 cm³/mol. The van der Waals surface area contributed by atoms with Gasteiger partial charge in [0, 0.05) is 42.3 Å². The van der Waals surface area contributed by atoms with Crippen molar-refractivity contribution in [2.75, 3.05) is 55.0 Å². The fraction of sp³-hybridized carbons (Fsp3) is 0.525. The molecular weight excluding hydrogens is 647 g/mol. The third-order valence-electron chi connectivity index (χ3n) is 11.3. The molecule has 4 aliphatic heterocycles. The van der Waals surface area contributed by atoms with Crippen LogP contribution in [0.15, 0.2) is 71.6 Å². The number of nitrogens with zero attached hydrogens (tertiary/aromatic N) is 2. The number of quaternary nitrogens is 1. The topological polar surface area (TPSA) is 73.5 Å². The number of anilines is 3. The number of benzene rings is 3. The van der Waals surface area contributed by atoms with Gasteiger partial charge in [-0.3, -0.25) is 5.32 Å². The van der Waals surface area contributed by atoms with Gasteiger partial charge in [-0.2, -0.15) is 0 Å². The van der Waals surface area contributed by atoms with Crippen molar-refractivity contribution in [3.63, 3.8) is 0 Å². The van der Waals surface area contributed by atoms with Crippen molar-refractivity contribution in [3.05, 3.63) is 83.4 Å². The van der Waals surface area contributed by atoms with Crippen LogP contribution in [0.25, 0.3) is 0 Å². The van der Waals surface area contributed by atoms with E-state index >= 15 is 0 Å². The van der Waals surface area contributed by atoms with Crippen LogP contribution in [0, 0.1) is 5.92 Å². The highest BCUT2D eigenvalue weighted by Crippen LogP contribution is 2.41. The number of hydrogen-bond donors (Lipinski definition) is 3. The van der Waals surface area contributed by atoms with Crippen LogP contribution < -0.4 is 20.9 Å². The molecule has 1 unspecified atom stereocenters. The van der Waals surface area contributed by atoms with Crippen molar-refractivity contribution in [1.82, 2.24) is 5.32 Å². The first-order chi connectivity index (χ1) is 23.5. The van der Waals surface area contributed by atoms with Gasteiger partial charge in [0.05, 0.1) is 36.3 Å². The number of nitrogens with one attached hydrogen (secondary N) is 3. The molecule has 3 aromatic carbocycles. The Labute approximate surface area is 300 Å². The van der Waals surface area contributed by atoms with Crippen molar-refractivity contribution in [2.24, 2.45) is 5.92 Å². The summed E-state index contributed by atoms with van der Waals surface area (Å²) in [5.74, 6) is 1.08. The fourth-order valence-corrected chi connectivity index (χ4v) is 10.8. The van der Waals surface area contributed by atoms with Gasteiger partial charge in [0.15, 0.2) is 14.9 Å². The Hall–Kier alpha value is -2.98. The van der Waals surface area contributed by atoms with E-state index in [0.29, 0.717) is 10.0 Å². The molecule has 0 aliphatic carbocycles. The van der Waals surface area contributed by atoms with Crippen LogP contribution in [0.4, 0.5) is 17.1 Å². The van der Waals surface area contributed by atoms with E-state index in [1.165, 1.54) is 48.9 Å². The Kier molecular flexibility index (Phi) is 11.0. The van der Waals surface area contributed by atoms with Crippen molar-refractivity contribution in [3.8, 4) is 0 Å². The molecule has 4 aliphatic rings. The van der Waals surface area contributed by atoms with Gasteiger partial charge in [0.1, 0.15) is 6.54 Å². The summed E-state index contributed by atoms with van der Waals surface area (Å²) in [6.07, 6.45) is 9.80. The third-order valence-corrected chi connectivity index (χ3v) is 13.5. The molecular formula is C40H56N5O2S2+. The maximum absolute atomic E-state index is 14.1. The zero-order chi connectivity index (χ0) is 34.6. The normalized spacial score (nSPS) is 23.7. The van der Waals surface area contributed by atoms with Gasteiger partial charge in [-0.15, -0.1) is 0 Å². The van der Waals surface area contributed by atoms with E-state index in [1.807, 2.05) is 43.3 Å². The van der Waals surface area contributed by atoms with Gasteiger partial charge in [-0.05, 0) is 104 Å². The zero-order valence-corrected chi connectivity index (χ0v) is 31.6. The molecule has 7 rings (SSSR count). The summed E-state index contributed by atoms with van der Waals surface area (Å²) in [4.78, 5) is 2.47. The monoisotopic (exact) mass is 702 g/mol. The minimum absolute atomic E-state index is 0.117. The SMILES string of the molecule is CCCCC1(CCCC)CS(=O)(=O)c2ccc(N(C)C)cc2C(c2ccc(NC(=S)Nc3cccc(C[N+]45CCC(CC4)CC5)c3)cc2)N1. The molecule has 0 saturated carbocycles. The molecule has 49 heavy (non-hydrogen) atoms. The van der Waals surface area contributed by atoms with Gasteiger partial charge in [0.25, 0.3) is 0 Å². The predicted octanol–water partition coefficient (Wildman–Crippen LogP) is 8.28. The number of unbranched alkanes of at least 4 members (excludes halogenated alkanes) is 2. The number of thiocarbonyl (C=S) groups is 1. The van der Waals surface area contributed by atoms with Gasteiger partial charge in [-0.1, -0.05) is 63.8 Å². The van der Waals surface area contributed by atoms with Crippen molar-refractivity contribution in [1.29, 1.82) is 0 Å². The summed E-state index contributed by atoms with van der Waals surface area (Å²) >= 11 is 5.77. The van der Waals surface area contributed by atoms with Crippen LogP contribution in [-0.4, -0.2) is 63.0 Å². The molecule has 0 spiro atoms. The average molecular weight is 703 g/mol. The quantitative estimate of drug-likeness (QED) is 0.130. The summed E-state index contributed by atoms with van der Waals surface area (Å²) < 4.78 is 29.4. The number of piperidine rings is 3. The number of sulfone groups is 1. The van der Waals surface area contributed by atoms with Crippen LogP contribution in [0.2, 0.25) is 0 Å². The van der Waals surface area contributed by atoms with Gasteiger partial charge >= 0.3 is 0 Å². The van der Waals surface area contributed by atoms with Crippen LogP contribution in [0.5, 0.6) is 0 Å². The molecule has 0 radical (unpaired) electrons. The second kappa shape index (κ2) is 15.1. The first-order valence-corrected chi connectivity index (χ1v) is 20.5. The number of fused-ring (bicyclic) bond motifs is 4. The molecule has 4 heterocycles. The molecule has 0 amide bonds. The molecule has 7 nitrogen and oxygen atoms in total. The van der Waals surface area contributed by atoms with Crippen LogP contribution in [-0.2, 0) is 16.4 Å². The van der Waals surface area contributed by atoms with E-state index in [2.05, 4.69) is 72.3 Å². The van der Waals surface area contributed by atoms with Gasteiger partial charge in [-0.25, -0.2) is 8.42 Å². The summed E-state index contributed by atoms with van der Waals surface area (Å²) in [5.41, 5.74) is 5.60.